The number of pyridine rings is 1. The van der Waals surface area contributed by atoms with Crippen molar-refractivity contribution in [3.05, 3.63) is 23.9 Å². The van der Waals surface area contributed by atoms with Gasteiger partial charge in [0.05, 0.1) is 0 Å². The first-order chi connectivity index (χ1) is 8.31. The van der Waals surface area contributed by atoms with Crippen LogP contribution < -0.4 is 10.2 Å². The number of hydrogen-bond acceptors (Lipinski definition) is 3. The van der Waals surface area contributed by atoms with Crippen molar-refractivity contribution in [1.29, 1.82) is 0 Å². The lowest BCUT2D eigenvalue weighted by atomic mass is 9.96. The second-order valence-electron chi connectivity index (χ2n) is 4.88. The highest BCUT2D eigenvalue weighted by Crippen LogP contribution is 2.23. The van der Waals surface area contributed by atoms with Gasteiger partial charge in [0, 0.05) is 19.3 Å². The van der Waals surface area contributed by atoms with E-state index in [2.05, 4.69) is 35.1 Å². The van der Waals surface area contributed by atoms with E-state index in [0.29, 0.717) is 0 Å². The van der Waals surface area contributed by atoms with Gasteiger partial charge in [-0.25, -0.2) is 4.98 Å². The molecule has 2 rings (SSSR count). The number of rotatable bonds is 4. The van der Waals surface area contributed by atoms with Crippen LogP contribution in [0.25, 0.3) is 0 Å². The SMILES string of the molecule is CCNCC1CCN(c2ncccc2C)CC1. The van der Waals surface area contributed by atoms with Gasteiger partial charge in [-0.1, -0.05) is 13.0 Å². The minimum Gasteiger partial charge on any atom is -0.356 e. The summed E-state index contributed by atoms with van der Waals surface area (Å²) < 4.78 is 0. The molecule has 0 radical (unpaired) electrons. The van der Waals surface area contributed by atoms with Gasteiger partial charge >= 0.3 is 0 Å². The van der Waals surface area contributed by atoms with Crippen molar-refractivity contribution in [2.75, 3.05) is 31.1 Å². The maximum absolute atomic E-state index is 4.50. The topological polar surface area (TPSA) is 28.2 Å². The molecule has 2 heterocycles. The van der Waals surface area contributed by atoms with E-state index in [0.717, 1.165) is 25.6 Å². The molecule has 1 aromatic heterocycles. The van der Waals surface area contributed by atoms with Crippen molar-refractivity contribution in [3.63, 3.8) is 0 Å². The zero-order valence-corrected chi connectivity index (χ0v) is 10.9. The summed E-state index contributed by atoms with van der Waals surface area (Å²) in [6.07, 6.45) is 4.46. The van der Waals surface area contributed by atoms with Crippen LogP contribution in [-0.4, -0.2) is 31.2 Å². The van der Waals surface area contributed by atoms with Gasteiger partial charge in [0.25, 0.3) is 0 Å². The van der Waals surface area contributed by atoms with E-state index < -0.39 is 0 Å². The van der Waals surface area contributed by atoms with Gasteiger partial charge in [0.15, 0.2) is 0 Å². The molecule has 0 aromatic carbocycles. The van der Waals surface area contributed by atoms with Gasteiger partial charge in [-0.15, -0.1) is 0 Å². The minimum absolute atomic E-state index is 0.843. The fraction of sp³-hybridized carbons (Fsp3) is 0.643. The van der Waals surface area contributed by atoms with E-state index in [9.17, 15) is 0 Å². The van der Waals surface area contributed by atoms with Crippen LogP contribution >= 0.6 is 0 Å². The quantitative estimate of drug-likeness (QED) is 0.864. The Kier molecular flexibility index (Phi) is 4.37. The molecule has 0 amide bonds. The third kappa shape index (κ3) is 3.19. The molecule has 1 fully saturated rings. The number of aryl methyl sites for hydroxylation is 1. The summed E-state index contributed by atoms with van der Waals surface area (Å²) in [7, 11) is 0. The first-order valence-electron chi connectivity index (χ1n) is 6.68. The normalized spacial score (nSPS) is 17.4. The summed E-state index contributed by atoms with van der Waals surface area (Å²) in [6, 6.07) is 4.16. The summed E-state index contributed by atoms with van der Waals surface area (Å²) in [5.74, 6) is 2.02. The summed E-state index contributed by atoms with van der Waals surface area (Å²) in [4.78, 5) is 6.93. The molecule has 0 bridgehead atoms. The predicted molar refractivity (Wildman–Crippen MR) is 72.5 cm³/mol. The van der Waals surface area contributed by atoms with Gasteiger partial charge in [0.2, 0.25) is 0 Å². The second-order valence-corrected chi connectivity index (χ2v) is 4.88. The Morgan fingerprint density at radius 1 is 1.41 bits per heavy atom. The Bertz CT molecular complexity index is 343. The Morgan fingerprint density at radius 3 is 2.82 bits per heavy atom. The summed E-state index contributed by atoms with van der Waals surface area (Å²) in [5.41, 5.74) is 1.29. The van der Waals surface area contributed by atoms with Crippen LogP contribution in [0.2, 0.25) is 0 Å². The van der Waals surface area contributed by atoms with Gasteiger partial charge in [-0.05, 0) is 50.4 Å². The lowest BCUT2D eigenvalue weighted by molar-refractivity contribution is 0.385. The minimum atomic E-state index is 0.843. The number of anilines is 1. The maximum Gasteiger partial charge on any atom is 0.131 e. The lowest BCUT2D eigenvalue weighted by Gasteiger charge is -2.33. The van der Waals surface area contributed by atoms with Crippen molar-refractivity contribution < 1.29 is 0 Å². The molecule has 1 aliphatic rings. The first kappa shape index (κ1) is 12.4. The number of hydrogen-bond donors (Lipinski definition) is 1. The molecule has 0 atom stereocenters. The molecule has 0 spiro atoms. The molecular formula is C14H23N3. The fourth-order valence-corrected chi connectivity index (χ4v) is 2.51. The van der Waals surface area contributed by atoms with Crippen LogP contribution in [0.5, 0.6) is 0 Å². The molecule has 0 aliphatic carbocycles. The smallest absolute Gasteiger partial charge is 0.131 e. The molecule has 94 valence electrons. The Balaban J connectivity index is 1.89. The van der Waals surface area contributed by atoms with Crippen molar-refractivity contribution in [2.24, 2.45) is 5.92 Å². The van der Waals surface area contributed by atoms with Crippen molar-refractivity contribution in [2.45, 2.75) is 26.7 Å². The summed E-state index contributed by atoms with van der Waals surface area (Å²) in [6.45, 7) is 8.87. The molecule has 1 saturated heterocycles. The summed E-state index contributed by atoms with van der Waals surface area (Å²) >= 11 is 0. The molecule has 17 heavy (non-hydrogen) atoms. The first-order valence-corrected chi connectivity index (χ1v) is 6.68. The van der Waals surface area contributed by atoms with Crippen LogP contribution in [-0.2, 0) is 0 Å². The highest BCUT2D eigenvalue weighted by atomic mass is 15.2. The number of nitrogens with one attached hydrogen (secondary N) is 1. The zero-order valence-electron chi connectivity index (χ0n) is 10.9. The van der Waals surface area contributed by atoms with E-state index >= 15 is 0 Å². The highest BCUT2D eigenvalue weighted by Gasteiger charge is 2.20. The van der Waals surface area contributed by atoms with Gasteiger partial charge in [-0.2, -0.15) is 0 Å². The van der Waals surface area contributed by atoms with E-state index in [1.807, 2.05) is 12.3 Å². The van der Waals surface area contributed by atoms with E-state index in [1.165, 1.54) is 30.8 Å². The molecule has 0 saturated carbocycles. The number of piperidine rings is 1. The highest BCUT2D eigenvalue weighted by molar-refractivity contribution is 5.46. The van der Waals surface area contributed by atoms with Gasteiger partial charge in [0.1, 0.15) is 5.82 Å². The Morgan fingerprint density at radius 2 is 2.18 bits per heavy atom. The van der Waals surface area contributed by atoms with Gasteiger partial charge in [-0.3, -0.25) is 0 Å². The van der Waals surface area contributed by atoms with E-state index in [4.69, 9.17) is 0 Å². The predicted octanol–water partition coefficient (Wildman–Crippen LogP) is 2.22. The summed E-state index contributed by atoms with van der Waals surface area (Å²) in [5, 5.41) is 3.45. The maximum atomic E-state index is 4.50. The Hall–Kier alpha value is -1.09. The zero-order chi connectivity index (χ0) is 12.1. The lowest BCUT2D eigenvalue weighted by Crippen LogP contribution is -2.38. The fourth-order valence-electron chi connectivity index (χ4n) is 2.51. The number of nitrogens with zero attached hydrogens (tertiary/aromatic N) is 2. The second kappa shape index (κ2) is 6.01. The molecule has 3 heteroatoms. The Labute approximate surface area is 104 Å². The van der Waals surface area contributed by atoms with Crippen molar-refractivity contribution >= 4 is 5.82 Å². The van der Waals surface area contributed by atoms with Crippen LogP contribution in [0.1, 0.15) is 25.3 Å². The molecule has 1 N–H and O–H groups in total. The van der Waals surface area contributed by atoms with Crippen molar-refractivity contribution in [3.8, 4) is 0 Å². The average Bonchev–Trinajstić information content (AvgIpc) is 2.38. The average molecular weight is 233 g/mol. The van der Waals surface area contributed by atoms with Crippen LogP contribution in [0.15, 0.2) is 18.3 Å². The standard InChI is InChI=1S/C14H23N3/c1-3-15-11-13-6-9-17(10-7-13)14-12(2)5-4-8-16-14/h4-5,8,13,15H,3,6-7,9-11H2,1-2H3. The largest absolute Gasteiger partial charge is 0.356 e. The molecule has 0 unspecified atom stereocenters. The third-order valence-corrected chi connectivity index (χ3v) is 3.58. The molecule has 3 nitrogen and oxygen atoms in total. The van der Waals surface area contributed by atoms with E-state index in [-0.39, 0.29) is 0 Å². The van der Waals surface area contributed by atoms with Crippen molar-refractivity contribution in [1.82, 2.24) is 10.3 Å². The molecular weight excluding hydrogens is 210 g/mol. The number of aromatic nitrogens is 1. The van der Waals surface area contributed by atoms with Crippen LogP contribution in [0, 0.1) is 12.8 Å². The monoisotopic (exact) mass is 233 g/mol. The molecule has 1 aliphatic heterocycles. The van der Waals surface area contributed by atoms with Crippen LogP contribution in [0.3, 0.4) is 0 Å². The van der Waals surface area contributed by atoms with E-state index in [1.54, 1.807) is 0 Å². The van der Waals surface area contributed by atoms with Crippen LogP contribution in [0.4, 0.5) is 5.82 Å². The molecule has 1 aromatic rings. The van der Waals surface area contributed by atoms with Gasteiger partial charge < -0.3 is 10.2 Å². The third-order valence-electron chi connectivity index (χ3n) is 3.58.